The fourth-order valence-electron chi connectivity index (χ4n) is 1.61. The lowest BCUT2D eigenvalue weighted by atomic mass is 10.0. The van der Waals surface area contributed by atoms with E-state index in [0.717, 1.165) is 34.4 Å². The normalized spacial score (nSPS) is 12.3. The maximum atomic E-state index is 6.10. The van der Waals surface area contributed by atoms with Crippen LogP contribution < -0.4 is 20.9 Å². The van der Waals surface area contributed by atoms with Gasteiger partial charge in [-0.25, -0.2) is 0 Å². The smallest absolute Gasteiger partial charge is 0.137 e. The predicted molar refractivity (Wildman–Crippen MR) is 72.5 cm³/mol. The minimum Gasteiger partial charge on any atom is -0.495 e. The van der Waals surface area contributed by atoms with E-state index in [0.29, 0.717) is 6.54 Å². The molecule has 0 fully saturated rings. The Balaban J connectivity index is 2.99. The van der Waals surface area contributed by atoms with Crippen LogP contribution in [-0.4, -0.2) is 20.8 Å². The van der Waals surface area contributed by atoms with Crippen molar-refractivity contribution >= 4 is 15.9 Å². The largest absolute Gasteiger partial charge is 0.495 e. The van der Waals surface area contributed by atoms with Crippen LogP contribution in [0.2, 0.25) is 0 Å². The van der Waals surface area contributed by atoms with Crippen LogP contribution in [0.15, 0.2) is 16.6 Å². The molecule has 0 aliphatic carbocycles. The lowest BCUT2D eigenvalue weighted by Crippen LogP contribution is -2.13. The monoisotopic (exact) mass is 302 g/mol. The average molecular weight is 303 g/mol. The molecule has 0 amide bonds. The molecule has 0 aliphatic heterocycles. The third-order valence-electron chi connectivity index (χ3n) is 2.62. The summed E-state index contributed by atoms with van der Waals surface area (Å²) in [5, 5.41) is 0. The Bertz CT molecular complexity index is 347. The standard InChI is InChI=1S/C12H19BrN2O2/c1-16-10-6-8(9(15)4-3-5-14)7-11(17-2)12(10)13/h6-7,9H,3-5,14-15H2,1-2H3/t9-/m0/s1. The van der Waals surface area contributed by atoms with E-state index in [9.17, 15) is 0 Å². The second kappa shape index (κ2) is 6.83. The van der Waals surface area contributed by atoms with Gasteiger partial charge in [0.2, 0.25) is 0 Å². The first-order valence-electron chi connectivity index (χ1n) is 5.51. The van der Waals surface area contributed by atoms with Crippen molar-refractivity contribution in [2.45, 2.75) is 18.9 Å². The van der Waals surface area contributed by atoms with Crippen LogP contribution in [0, 0.1) is 0 Å². The van der Waals surface area contributed by atoms with Crippen LogP contribution in [0.5, 0.6) is 11.5 Å². The molecule has 0 heterocycles. The summed E-state index contributed by atoms with van der Waals surface area (Å²) >= 11 is 3.43. The molecule has 4 nitrogen and oxygen atoms in total. The van der Waals surface area contributed by atoms with E-state index in [-0.39, 0.29) is 6.04 Å². The second-order valence-corrected chi connectivity index (χ2v) is 4.57. The van der Waals surface area contributed by atoms with Crippen LogP contribution in [-0.2, 0) is 0 Å². The van der Waals surface area contributed by atoms with Gasteiger partial charge < -0.3 is 20.9 Å². The minimum atomic E-state index is -0.0468. The summed E-state index contributed by atoms with van der Waals surface area (Å²) in [6.07, 6.45) is 1.76. The highest BCUT2D eigenvalue weighted by atomic mass is 79.9. The summed E-state index contributed by atoms with van der Waals surface area (Å²) in [5.74, 6) is 1.45. The number of hydrogen-bond acceptors (Lipinski definition) is 4. The third-order valence-corrected chi connectivity index (χ3v) is 3.40. The van der Waals surface area contributed by atoms with Gasteiger partial charge in [0, 0.05) is 6.04 Å². The van der Waals surface area contributed by atoms with E-state index >= 15 is 0 Å². The molecule has 1 aromatic rings. The Morgan fingerprint density at radius 2 is 1.76 bits per heavy atom. The molecule has 1 aromatic carbocycles. The SMILES string of the molecule is COc1cc([C@@H](N)CCCN)cc(OC)c1Br. The van der Waals surface area contributed by atoms with Gasteiger partial charge in [0.05, 0.1) is 14.2 Å². The van der Waals surface area contributed by atoms with Gasteiger partial charge in [-0.15, -0.1) is 0 Å². The van der Waals surface area contributed by atoms with Crippen molar-refractivity contribution in [3.63, 3.8) is 0 Å². The van der Waals surface area contributed by atoms with Crippen molar-refractivity contribution in [3.05, 3.63) is 22.2 Å². The third kappa shape index (κ3) is 3.59. The number of halogens is 1. The molecular weight excluding hydrogens is 284 g/mol. The summed E-state index contributed by atoms with van der Waals surface area (Å²) in [7, 11) is 3.24. The van der Waals surface area contributed by atoms with Gasteiger partial charge in [-0.2, -0.15) is 0 Å². The predicted octanol–water partition coefficient (Wildman–Crippen LogP) is 2.21. The van der Waals surface area contributed by atoms with Crippen LogP contribution >= 0.6 is 15.9 Å². The molecule has 1 atom stereocenters. The lowest BCUT2D eigenvalue weighted by Gasteiger charge is -2.16. The Kier molecular flexibility index (Phi) is 5.74. The summed E-state index contributed by atoms with van der Waals surface area (Å²) in [5.41, 5.74) is 12.6. The first-order chi connectivity index (χ1) is 8.13. The molecule has 5 heteroatoms. The zero-order valence-corrected chi connectivity index (χ0v) is 11.8. The van der Waals surface area contributed by atoms with Crippen LogP contribution in [0.25, 0.3) is 0 Å². The molecule has 0 saturated carbocycles. The van der Waals surface area contributed by atoms with Gasteiger partial charge in [0.1, 0.15) is 16.0 Å². The molecular formula is C12H19BrN2O2. The van der Waals surface area contributed by atoms with Crippen molar-refractivity contribution in [2.75, 3.05) is 20.8 Å². The lowest BCUT2D eigenvalue weighted by molar-refractivity contribution is 0.387. The molecule has 0 bridgehead atoms. The van der Waals surface area contributed by atoms with Gasteiger partial charge in [0.15, 0.2) is 0 Å². The van der Waals surface area contributed by atoms with E-state index in [1.807, 2.05) is 12.1 Å². The molecule has 0 saturated heterocycles. The number of nitrogens with two attached hydrogens (primary N) is 2. The summed E-state index contributed by atoms with van der Waals surface area (Å²) in [6, 6.07) is 3.80. The van der Waals surface area contributed by atoms with Crippen molar-refractivity contribution < 1.29 is 9.47 Å². The summed E-state index contributed by atoms with van der Waals surface area (Å²) in [6.45, 7) is 0.651. The molecule has 0 aromatic heterocycles. The molecule has 0 aliphatic rings. The Morgan fingerprint density at radius 3 is 2.18 bits per heavy atom. The van der Waals surface area contributed by atoms with Crippen molar-refractivity contribution in [2.24, 2.45) is 11.5 Å². The molecule has 17 heavy (non-hydrogen) atoms. The zero-order valence-electron chi connectivity index (χ0n) is 10.2. The highest BCUT2D eigenvalue weighted by Gasteiger charge is 2.13. The Hall–Kier alpha value is -0.780. The molecule has 0 radical (unpaired) electrons. The van der Waals surface area contributed by atoms with Gasteiger partial charge >= 0.3 is 0 Å². The van der Waals surface area contributed by atoms with Gasteiger partial charge in [-0.1, -0.05) is 0 Å². The van der Waals surface area contributed by atoms with Gasteiger partial charge in [-0.05, 0) is 53.0 Å². The maximum absolute atomic E-state index is 6.10. The minimum absolute atomic E-state index is 0.0468. The molecule has 1 rings (SSSR count). The highest BCUT2D eigenvalue weighted by Crippen LogP contribution is 2.37. The molecule has 96 valence electrons. The number of rotatable bonds is 6. The Morgan fingerprint density at radius 1 is 1.24 bits per heavy atom. The average Bonchev–Trinajstić information content (AvgIpc) is 2.36. The molecule has 4 N–H and O–H groups in total. The second-order valence-electron chi connectivity index (χ2n) is 3.78. The van der Waals surface area contributed by atoms with Crippen molar-refractivity contribution in [3.8, 4) is 11.5 Å². The quantitative estimate of drug-likeness (QED) is 0.845. The molecule has 0 spiro atoms. The van der Waals surface area contributed by atoms with Gasteiger partial charge in [0.25, 0.3) is 0 Å². The zero-order chi connectivity index (χ0) is 12.8. The fourth-order valence-corrected chi connectivity index (χ4v) is 2.16. The van der Waals surface area contributed by atoms with Crippen LogP contribution in [0.4, 0.5) is 0 Å². The van der Waals surface area contributed by atoms with E-state index < -0.39 is 0 Å². The van der Waals surface area contributed by atoms with E-state index in [1.165, 1.54) is 0 Å². The van der Waals surface area contributed by atoms with E-state index in [2.05, 4.69) is 15.9 Å². The van der Waals surface area contributed by atoms with E-state index in [1.54, 1.807) is 14.2 Å². The van der Waals surface area contributed by atoms with Crippen LogP contribution in [0.3, 0.4) is 0 Å². The van der Waals surface area contributed by atoms with Crippen molar-refractivity contribution in [1.82, 2.24) is 0 Å². The number of hydrogen-bond donors (Lipinski definition) is 2. The van der Waals surface area contributed by atoms with Gasteiger partial charge in [-0.3, -0.25) is 0 Å². The number of methoxy groups -OCH3 is 2. The van der Waals surface area contributed by atoms with Crippen molar-refractivity contribution in [1.29, 1.82) is 0 Å². The first kappa shape index (κ1) is 14.3. The number of benzene rings is 1. The number of ether oxygens (including phenoxy) is 2. The maximum Gasteiger partial charge on any atom is 0.137 e. The Labute approximate surface area is 110 Å². The van der Waals surface area contributed by atoms with Crippen LogP contribution in [0.1, 0.15) is 24.4 Å². The molecule has 0 unspecified atom stereocenters. The first-order valence-corrected chi connectivity index (χ1v) is 6.30. The highest BCUT2D eigenvalue weighted by molar-refractivity contribution is 9.10. The van der Waals surface area contributed by atoms with E-state index in [4.69, 9.17) is 20.9 Å². The topological polar surface area (TPSA) is 70.5 Å². The summed E-state index contributed by atoms with van der Waals surface area (Å²) in [4.78, 5) is 0. The summed E-state index contributed by atoms with van der Waals surface area (Å²) < 4.78 is 11.4. The fraction of sp³-hybridized carbons (Fsp3) is 0.500.